The zero-order valence-corrected chi connectivity index (χ0v) is 8.91. The number of aromatic hydroxyl groups is 1. The van der Waals surface area contributed by atoms with Crippen molar-refractivity contribution in [1.29, 1.82) is 0 Å². The normalized spacial score (nSPS) is 10.5. The SMILES string of the molecule is Cc1ncc(CCl)c(-c2ncc[nH]2)c1O. The molecule has 0 aromatic carbocycles. The molecule has 0 bridgehead atoms. The minimum atomic E-state index is 0.128. The van der Waals surface area contributed by atoms with E-state index < -0.39 is 0 Å². The van der Waals surface area contributed by atoms with Crippen LogP contribution in [0.25, 0.3) is 11.4 Å². The molecule has 0 aliphatic heterocycles. The van der Waals surface area contributed by atoms with Crippen molar-refractivity contribution in [2.75, 3.05) is 0 Å². The maximum absolute atomic E-state index is 9.90. The van der Waals surface area contributed by atoms with Crippen molar-refractivity contribution < 1.29 is 5.11 Å². The molecular formula is C10H10ClN3O. The van der Waals surface area contributed by atoms with Gasteiger partial charge in [-0.15, -0.1) is 11.6 Å². The molecule has 0 saturated carbocycles. The van der Waals surface area contributed by atoms with E-state index in [1.54, 1.807) is 25.5 Å². The van der Waals surface area contributed by atoms with Gasteiger partial charge in [-0.1, -0.05) is 0 Å². The third kappa shape index (κ3) is 1.68. The number of alkyl halides is 1. The van der Waals surface area contributed by atoms with Crippen LogP contribution in [-0.2, 0) is 5.88 Å². The summed E-state index contributed by atoms with van der Waals surface area (Å²) in [5.74, 6) is 1.02. The average molecular weight is 224 g/mol. The van der Waals surface area contributed by atoms with Gasteiger partial charge in [0.05, 0.1) is 11.3 Å². The highest BCUT2D eigenvalue weighted by Gasteiger charge is 2.14. The summed E-state index contributed by atoms with van der Waals surface area (Å²) in [7, 11) is 0. The van der Waals surface area contributed by atoms with E-state index in [0.717, 1.165) is 5.56 Å². The Hall–Kier alpha value is -1.55. The van der Waals surface area contributed by atoms with Crippen LogP contribution in [0.15, 0.2) is 18.6 Å². The third-order valence-electron chi connectivity index (χ3n) is 2.19. The van der Waals surface area contributed by atoms with E-state index in [9.17, 15) is 5.11 Å². The molecule has 4 nitrogen and oxygen atoms in total. The van der Waals surface area contributed by atoms with Gasteiger partial charge in [-0.3, -0.25) is 4.98 Å². The van der Waals surface area contributed by atoms with Crippen LogP contribution in [0.5, 0.6) is 5.75 Å². The lowest BCUT2D eigenvalue weighted by atomic mass is 10.1. The van der Waals surface area contributed by atoms with Gasteiger partial charge in [0.15, 0.2) is 0 Å². The summed E-state index contributed by atoms with van der Waals surface area (Å²) in [5, 5.41) is 9.90. The van der Waals surface area contributed by atoms with Crippen molar-refractivity contribution in [2.45, 2.75) is 12.8 Å². The van der Waals surface area contributed by atoms with E-state index >= 15 is 0 Å². The Balaban J connectivity index is 2.67. The van der Waals surface area contributed by atoms with Crippen molar-refractivity contribution in [3.8, 4) is 17.1 Å². The molecule has 0 atom stereocenters. The van der Waals surface area contributed by atoms with E-state index in [1.807, 2.05) is 0 Å². The van der Waals surface area contributed by atoms with Gasteiger partial charge in [0.1, 0.15) is 11.6 Å². The Morgan fingerprint density at radius 3 is 2.87 bits per heavy atom. The first-order valence-corrected chi connectivity index (χ1v) is 5.00. The molecule has 0 unspecified atom stereocenters. The van der Waals surface area contributed by atoms with Crippen LogP contribution >= 0.6 is 11.6 Å². The Kier molecular flexibility index (Phi) is 2.60. The molecule has 0 radical (unpaired) electrons. The standard InChI is InChI=1S/C10H10ClN3O/c1-6-9(15)8(7(4-11)5-14-6)10-12-2-3-13-10/h2-3,5,15H,4H2,1H3,(H,12,13). The number of nitrogens with one attached hydrogen (secondary N) is 1. The number of pyridine rings is 1. The lowest BCUT2D eigenvalue weighted by molar-refractivity contribution is 0.468. The molecule has 5 heteroatoms. The summed E-state index contributed by atoms with van der Waals surface area (Å²) >= 11 is 5.78. The Morgan fingerprint density at radius 1 is 1.47 bits per heavy atom. The summed E-state index contributed by atoms with van der Waals surface area (Å²) in [6.07, 6.45) is 4.98. The monoisotopic (exact) mass is 223 g/mol. The number of aromatic amines is 1. The van der Waals surface area contributed by atoms with Crippen molar-refractivity contribution in [3.63, 3.8) is 0 Å². The number of hydrogen-bond donors (Lipinski definition) is 2. The van der Waals surface area contributed by atoms with Crippen molar-refractivity contribution >= 4 is 11.6 Å². The van der Waals surface area contributed by atoms with Crippen LogP contribution in [0, 0.1) is 6.92 Å². The van der Waals surface area contributed by atoms with Crippen LogP contribution in [-0.4, -0.2) is 20.1 Å². The number of aromatic nitrogens is 3. The molecule has 2 aromatic heterocycles. The van der Waals surface area contributed by atoms with E-state index in [0.29, 0.717) is 17.1 Å². The first-order valence-electron chi connectivity index (χ1n) is 4.47. The lowest BCUT2D eigenvalue weighted by Crippen LogP contribution is -1.94. The number of aryl methyl sites for hydroxylation is 1. The quantitative estimate of drug-likeness (QED) is 0.768. The van der Waals surface area contributed by atoms with Crippen LogP contribution in [0.3, 0.4) is 0 Å². The molecule has 2 N–H and O–H groups in total. The molecule has 78 valence electrons. The Morgan fingerprint density at radius 2 is 2.27 bits per heavy atom. The Labute approximate surface area is 92.0 Å². The summed E-state index contributed by atoms with van der Waals surface area (Å²) in [4.78, 5) is 11.1. The number of rotatable bonds is 2. The number of halogens is 1. The zero-order valence-electron chi connectivity index (χ0n) is 8.16. The predicted molar refractivity (Wildman–Crippen MR) is 57.8 cm³/mol. The molecule has 0 fully saturated rings. The number of imidazole rings is 1. The van der Waals surface area contributed by atoms with Gasteiger partial charge in [0.2, 0.25) is 0 Å². The van der Waals surface area contributed by atoms with Crippen LogP contribution in [0.1, 0.15) is 11.3 Å². The van der Waals surface area contributed by atoms with Gasteiger partial charge in [-0.25, -0.2) is 4.98 Å². The van der Waals surface area contributed by atoms with E-state index in [-0.39, 0.29) is 11.6 Å². The highest BCUT2D eigenvalue weighted by atomic mass is 35.5. The summed E-state index contributed by atoms with van der Waals surface area (Å²) < 4.78 is 0. The molecule has 0 aliphatic rings. The van der Waals surface area contributed by atoms with Gasteiger partial charge in [-0.2, -0.15) is 0 Å². The van der Waals surface area contributed by atoms with Crippen LogP contribution < -0.4 is 0 Å². The maximum atomic E-state index is 9.90. The second-order valence-corrected chi connectivity index (χ2v) is 3.43. The van der Waals surface area contributed by atoms with Crippen molar-refractivity contribution in [2.24, 2.45) is 0 Å². The number of hydrogen-bond acceptors (Lipinski definition) is 3. The van der Waals surface area contributed by atoms with Crippen molar-refractivity contribution in [3.05, 3.63) is 29.8 Å². The first kappa shape index (κ1) is 9.98. The molecule has 0 saturated heterocycles. The summed E-state index contributed by atoms with van der Waals surface area (Å²) in [6.45, 7) is 1.74. The topological polar surface area (TPSA) is 61.8 Å². The van der Waals surface area contributed by atoms with E-state index in [4.69, 9.17) is 11.6 Å². The predicted octanol–water partition coefficient (Wildman–Crippen LogP) is 2.22. The van der Waals surface area contributed by atoms with Gasteiger partial charge in [-0.05, 0) is 12.5 Å². The van der Waals surface area contributed by atoms with Crippen LogP contribution in [0.2, 0.25) is 0 Å². The maximum Gasteiger partial charge on any atom is 0.148 e. The fraction of sp³-hybridized carbons (Fsp3) is 0.200. The van der Waals surface area contributed by atoms with Crippen molar-refractivity contribution in [1.82, 2.24) is 15.0 Å². The van der Waals surface area contributed by atoms with Gasteiger partial charge in [0.25, 0.3) is 0 Å². The highest BCUT2D eigenvalue weighted by Crippen LogP contribution is 2.32. The van der Waals surface area contributed by atoms with Crippen LogP contribution in [0.4, 0.5) is 0 Å². The van der Waals surface area contributed by atoms with Gasteiger partial charge >= 0.3 is 0 Å². The largest absolute Gasteiger partial charge is 0.505 e. The molecule has 2 aromatic rings. The minimum Gasteiger partial charge on any atom is -0.505 e. The van der Waals surface area contributed by atoms with Gasteiger partial charge < -0.3 is 10.1 Å². The molecule has 2 rings (SSSR count). The molecule has 0 spiro atoms. The molecule has 0 amide bonds. The smallest absolute Gasteiger partial charge is 0.148 e. The molecule has 0 aliphatic carbocycles. The lowest BCUT2D eigenvalue weighted by Gasteiger charge is -2.08. The first-order chi connectivity index (χ1) is 7.24. The molecule has 15 heavy (non-hydrogen) atoms. The fourth-order valence-corrected chi connectivity index (χ4v) is 1.60. The third-order valence-corrected chi connectivity index (χ3v) is 2.48. The summed E-state index contributed by atoms with van der Waals surface area (Å²) in [5.41, 5.74) is 1.95. The highest BCUT2D eigenvalue weighted by molar-refractivity contribution is 6.17. The number of nitrogens with zero attached hydrogens (tertiary/aromatic N) is 2. The fourth-order valence-electron chi connectivity index (χ4n) is 1.40. The van der Waals surface area contributed by atoms with Gasteiger partial charge in [0, 0.05) is 24.5 Å². The zero-order chi connectivity index (χ0) is 10.8. The number of H-pyrrole nitrogens is 1. The molecular weight excluding hydrogens is 214 g/mol. The second-order valence-electron chi connectivity index (χ2n) is 3.16. The van der Waals surface area contributed by atoms with E-state index in [1.165, 1.54) is 0 Å². The second kappa shape index (κ2) is 3.90. The average Bonchev–Trinajstić information content (AvgIpc) is 2.75. The van der Waals surface area contributed by atoms with E-state index in [2.05, 4.69) is 15.0 Å². The minimum absolute atomic E-state index is 0.128. The summed E-state index contributed by atoms with van der Waals surface area (Å²) in [6, 6.07) is 0. The Bertz CT molecular complexity index is 468. The molecule has 2 heterocycles.